The standard InChI is InChI=1S/C85H166O17P2/c1-7-9-11-13-15-17-19-21-23-24-25-26-27-29-35-39-45-52-58-64-70-85(90)101-80(73-95-82(87)67-61-55-49-43-37-33-31-30-32-36-41-47-53-59-65-77(3)4)75-99-103(91,92)97-71-79(86)72-98-104(93,94)100-76-81(74-96-83(88)68-62-56-50-46-40-42-48-54-60-66-78(5)6)102-84(89)69-63-57-51-44-38-34-28-22-20-18-16-14-12-10-8-2/h77-81,86H,7-76H2,1-6H3,(H,91,92)(H,93,94)/t79-,80-,81-/m1/s1. The summed E-state index contributed by atoms with van der Waals surface area (Å²) in [7, 11) is -9.93. The average Bonchev–Trinajstić information content (AvgIpc) is 0.910. The second-order valence-corrected chi connectivity index (χ2v) is 34.4. The third-order valence-corrected chi connectivity index (χ3v) is 21.9. The molecular weight excluding hydrogens is 1350 g/mol. The smallest absolute Gasteiger partial charge is 0.462 e. The molecule has 618 valence electrons. The highest BCUT2D eigenvalue weighted by atomic mass is 31.2. The summed E-state index contributed by atoms with van der Waals surface area (Å²) in [6.07, 6.45) is 68.0. The van der Waals surface area contributed by atoms with E-state index in [-0.39, 0.29) is 25.7 Å². The maximum absolute atomic E-state index is 13.1. The Morgan fingerprint density at radius 1 is 0.260 bits per heavy atom. The third-order valence-electron chi connectivity index (χ3n) is 20.0. The summed E-state index contributed by atoms with van der Waals surface area (Å²) in [6.45, 7) is 9.67. The van der Waals surface area contributed by atoms with E-state index in [0.717, 1.165) is 102 Å². The van der Waals surface area contributed by atoms with Crippen LogP contribution < -0.4 is 0 Å². The quantitative estimate of drug-likeness (QED) is 0.0222. The molecule has 0 radical (unpaired) electrons. The lowest BCUT2D eigenvalue weighted by atomic mass is 10.0. The van der Waals surface area contributed by atoms with Crippen LogP contribution >= 0.6 is 15.6 Å². The zero-order valence-electron chi connectivity index (χ0n) is 68.3. The highest BCUT2D eigenvalue weighted by Crippen LogP contribution is 2.45. The Morgan fingerprint density at radius 2 is 0.442 bits per heavy atom. The molecule has 0 spiro atoms. The fourth-order valence-corrected chi connectivity index (χ4v) is 14.8. The first-order valence-electron chi connectivity index (χ1n) is 44.0. The summed E-state index contributed by atoms with van der Waals surface area (Å²) >= 11 is 0. The van der Waals surface area contributed by atoms with E-state index in [1.807, 2.05) is 0 Å². The molecule has 5 atom stereocenters. The van der Waals surface area contributed by atoms with Crippen LogP contribution in [0.2, 0.25) is 0 Å². The summed E-state index contributed by atoms with van der Waals surface area (Å²) < 4.78 is 68.9. The normalized spacial score (nSPS) is 13.8. The molecule has 0 aliphatic heterocycles. The number of carbonyl (C=O) groups is 4. The topological polar surface area (TPSA) is 237 Å². The van der Waals surface area contributed by atoms with Crippen molar-refractivity contribution in [3.05, 3.63) is 0 Å². The maximum Gasteiger partial charge on any atom is 0.472 e. The summed E-state index contributed by atoms with van der Waals surface area (Å²) in [4.78, 5) is 73.2. The van der Waals surface area contributed by atoms with Crippen molar-refractivity contribution >= 4 is 39.5 Å². The van der Waals surface area contributed by atoms with Crippen LogP contribution in [-0.4, -0.2) is 96.7 Å². The van der Waals surface area contributed by atoms with Gasteiger partial charge in [-0.15, -0.1) is 0 Å². The predicted octanol–water partition coefficient (Wildman–Crippen LogP) is 25.8. The van der Waals surface area contributed by atoms with E-state index < -0.39 is 97.5 Å². The highest BCUT2D eigenvalue weighted by Gasteiger charge is 2.30. The number of rotatable bonds is 84. The van der Waals surface area contributed by atoms with Gasteiger partial charge in [0.1, 0.15) is 19.3 Å². The van der Waals surface area contributed by atoms with Gasteiger partial charge in [0.2, 0.25) is 0 Å². The molecule has 0 bridgehead atoms. The van der Waals surface area contributed by atoms with Crippen molar-refractivity contribution in [3.63, 3.8) is 0 Å². The van der Waals surface area contributed by atoms with E-state index in [0.29, 0.717) is 25.7 Å². The van der Waals surface area contributed by atoms with Crippen LogP contribution in [0.4, 0.5) is 0 Å². The molecule has 0 aliphatic carbocycles. The van der Waals surface area contributed by atoms with Crippen molar-refractivity contribution in [3.8, 4) is 0 Å². The Morgan fingerprint density at radius 3 is 0.654 bits per heavy atom. The van der Waals surface area contributed by atoms with Crippen LogP contribution in [0.15, 0.2) is 0 Å². The van der Waals surface area contributed by atoms with Gasteiger partial charge in [-0.05, 0) is 37.5 Å². The second-order valence-electron chi connectivity index (χ2n) is 31.5. The molecule has 104 heavy (non-hydrogen) atoms. The maximum atomic E-state index is 13.1. The van der Waals surface area contributed by atoms with Gasteiger partial charge in [0.05, 0.1) is 26.4 Å². The van der Waals surface area contributed by atoms with Crippen LogP contribution in [0, 0.1) is 11.8 Å². The van der Waals surface area contributed by atoms with E-state index in [4.69, 9.17) is 37.0 Å². The second kappa shape index (κ2) is 76.4. The minimum Gasteiger partial charge on any atom is -0.462 e. The SMILES string of the molecule is CCCCCCCCCCCCCCCCCCCCCCC(=O)O[C@H](COC(=O)CCCCCCCCCCCCCCCCC(C)C)COP(=O)(O)OC[C@@H](O)COP(=O)(O)OC[C@@H](COC(=O)CCCCCCCCCCCC(C)C)OC(=O)CCCCCCCCCCCCCCCCC. The van der Waals surface area contributed by atoms with E-state index in [1.54, 1.807) is 0 Å². The lowest BCUT2D eigenvalue weighted by Crippen LogP contribution is -2.30. The first-order chi connectivity index (χ1) is 50.4. The number of hydrogen-bond donors (Lipinski definition) is 3. The number of phosphoric ester groups is 2. The molecule has 0 aromatic rings. The van der Waals surface area contributed by atoms with Gasteiger partial charge in [-0.2, -0.15) is 0 Å². The van der Waals surface area contributed by atoms with E-state index in [1.165, 1.54) is 270 Å². The molecule has 0 saturated carbocycles. The lowest BCUT2D eigenvalue weighted by molar-refractivity contribution is -0.161. The predicted molar refractivity (Wildman–Crippen MR) is 428 cm³/mol. The highest BCUT2D eigenvalue weighted by molar-refractivity contribution is 7.47. The van der Waals surface area contributed by atoms with E-state index in [2.05, 4.69) is 41.5 Å². The van der Waals surface area contributed by atoms with Crippen molar-refractivity contribution < 1.29 is 80.2 Å². The van der Waals surface area contributed by atoms with Crippen molar-refractivity contribution in [2.24, 2.45) is 11.8 Å². The number of ether oxygens (including phenoxy) is 4. The monoisotopic (exact) mass is 1520 g/mol. The summed E-state index contributed by atoms with van der Waals surface area (Å²) in [6, 6.07) is 0. The molecule has 0 aromatic heterocycles. The molecule has 0 saturated heterocycles. The molecule has 0 aromatic carbocycles. The third kappa shape index (κ3) is 78.2. The molecule has 0 amide bonds. The largest absolute Gasteiger partial charge is 0.472 e. The molecule has 2 unspecified atom stereocenters. The summed E-state index contributed by atoms with van der Waals surface area (Å²) in [5.74, 6) is -0.559. The Bertz CT molecular complexity index is 1990. The van der Waals surface area contributed by atoms with E-state index >= 15 is 0 Å². The van der Waals surface area contributed by atoms with Gasteiger partial charge in [-0.25, -0.2) is 9.13 Å². The zero-order chi connectivity index (χ0) is 76.4. The van der Waals surface area contributed by atoms with Gasteiger partial charge < -0.3 is 33.8 Å². The number of esters is 4. The van der Waals surface area contributed by atoms with Crippen molar-refractivity contribution in [1.29, 1.82) is 0 Å². The van der Waals surface area contributed by atoms with Crippen LogP contribution in [0.1, 0.15) is 452 Å². The molecule has 0 rings (SSSR count). The van der Waals surface area contributed by atoms with Crippen LogP contribution in [-0.2, 0) is 65.4 Å². The van der Waals surface area contributed by atoms with E-state index in [9.17, 15) is 43.2 Å². The first-order valence-corrected chi connectivity index (χ1v) is 47.0. The van der Waals surface area contributed by atoms with Crippen LogP contribution in [0.5, 0.6) is 0 Å². The van der Waals surface area contributed by atoms with Crippen LogP contribution in [0.3, 0.4) is 0 Å². The molecule has 17 nitrogen and oxygen atoms in total. The Hall–Kier alpha value is -1.94. The molecule has 0 heterocycles. The lowest BCUT2D eigenvalue weighted by Gasteiger charge is -2.21. The number of hydrogen-bond acceptors (Lipinski definition) is 15. The Labute approximate surface area is 638 Å². The molecule has 0 fully saturated rings. The first kappa shape index (κ1) is 102. The Kier molecular flexibility index (Phi) is 75.0. The van der Waals surface area contributed by atoms with Gasteiger partial charge in [0.15, 0.2) is 12.2 Å². The van der Waals surface area contributed by atoms with Crippen molar-refractivity contribution in [1.82, 2.24) is 0 Å². The molecule has 3 N–H and O–H groups in total. The van der Waals surface area contributed by atoms with Gasteiger partial charge in [0.25, 0.3) is 0 Å². The van der Waals surface area contributed by atoms with Gasteiger partial charge in [-0.3, -0.25) is 37.3 Å². The van der Waals surface area contributed by atoms with Crippen molar-refractivity contribution in [2.45, 2.75) is 471 Å². The average molecular weight is 1520 g/mol. The minimum atomic E-state index is -4.97. The fourth-order valence-electron chi connectivity index (χ4n) is 13.2. The number of phosphoric acid groups is 2. The number of unbranched alkanes of at least 4 members (excludes halogenated alkanes) is 54. The minimum absolute atomic E-state index is 0.108. The molecule has 0 aliphatic rings. The summed E-state index contributed by atoms with van der Waals surface area (Å²) in [5.41, 5.74) is 0. The van der Waals surface area contributed by atoms with Crippen molar-refractivity contribution in [2.75, 3.05) is 39.6 Å². The molecule has 19 heteroatoms. The van der Waals surface area contributed by atoms with Gasteiger partial charge >= 0.3 is 39.5 Å². The number of carbonyl (C=O) groups excluding carboxylic acids is 4. The Balaban J connectivity index is 5.25. The zero-order valence-corrected chi connectivity index (χ0v) is 70.1. The molecular formula is C85H166O17P2. The number of aliphatic hydroxyl groups is 1. The fraction of sp³-hybridized carbons (Fsp3) is 0.953. The summed E-state index contributed by atoms with van der Waals surface area (Å²) in [5, 5.41) is 10.7. The van der Waals surface area contributed by atoms with Gasteiger partial charge in [-0.1, -0.05) is 401 Å². The van der Waals surface area contributed by atoms with Gasteiger partial charge in [0, 0.05) is 25.7 Å². The number of aliphatic hydroxyl groups excluding tert-OH is 1. The van der Waals surface area contributed by atoms with Crippen LogP contribution in [0.25, 0.3) is 0 Å².